The summed E-state index contributed by atoms with van der Waals surface area (Å²) in [6, 6.07) is 17.4. The summed E-state index contributed by atoms with van der Waals surface area (Å²) in [5.74, 6) is 1.18. The molecule has 0 amide bonds. The Balaban J connectivity index is 1.84. The van der Waals surface area contributed by atoms with Crippen LogP contribution in [0.2, 0.25) is 25.7 Å². The van der Waals surface area contributed by atoms with Crippen LogP contribution in [0.25, 0.3) is 11.0 Å². The highest BCUT2D eigenvalue weighted by atomic mass is 32.2. The topological polar surface area (TPSA) is 76.9 Å². The van der Waals surface area contributed by atoms with Gasteiger partial charge in [0.1, 0.15) is 18.3 Å². The molecule has 5 nitrogen and oxygen atoms in total. The summed E-state index contributed by atoms with van der Waals surface area (Å²) in [5.41, 5.74) is 9.70. The Morgan fingerprint density at radius 1 is 1.21 bits per heavy atom. The molecule has 3 rings (SSSR count). The molecule has 1 heterocycles. The van der Waals surface area contributed by atoms with Gasteiger partial charge in [0, 0.05) is 31.0 Å². The first kappa shape index (κ1) is 20.5. The van der Waals surface area contributed by atoms with E-state index in [4.69, 9.17) is 10.5 Å². The molecule has 0 atom stereocenters. The molecule has 0 aliphatic rings. The van der Waals surface area contributed by atoms with Gasteiger partial charge in [-0.1, -0.05) is 50.0 Å². The van der Waals surface area contributed by atoms with Gasteiger partial charge in [-0.2, -0.15) is 5.26 Å². The molecule has 0 bridgehead atoms. The number of thioether (sulfide) groups is 1. The summed E-state index contributed by atoms with van der Waals surface area (Å²) in [6.45, 7) is 7.97. The Bertz CT molecular complexity index is 990. The maximum Gasteiger partial charge on any atom is 0.215 e. The number of fused-ring (bicyclic) bond motifs is 1. The maximum absolute atomic E-state index is 9.55. The van der Waals surface area contributed by atoms with Gasteiger partial charge < -0.3 is 10.5 Å². The lowest BCUT2D eigenvalue weighted by molar-refractivity contribution is 0.0893. The first-order valence-corrected chi connectivity index (χ1v) is 14.0. The standard InChI is InChI=1S/C21H26N4OSSi/c1-28(2,3)10-9-26-15-25-18-11-17(23)12-19(21(18)24-20(25)13-22)27-14-16-7-5-4-6-8-16/h4-8,11-12H,9-10,14-15,23H2,1-3H3. The third-order valence-electron chi connectivity index (χ3n) is 4.40. The SMILES string of the molecule is C[Si](C)(C)CCOCn1c(C#N)nc2c(SCc3ccccc3)cc(N)cc21. The molecule has 28 heavy (non-hydrogen) atoms. The molecule has 0 aliphatic heterocycles. The highest BCUT2D eigenvalue weighted by Gasteiger charge is 2.16. The Hall–Kier alpha value is -2.27. The summed E-state index contributed by atoms with van der Waals surface area (Å²) in [4.78, 5) is 5.55. The third-order valence-corrected chi connectivity index (χ3v) is 7.20. The van der Waals surface area contributed by atoms with Crippen LogP contribution in [-0.2, 0) is 17.2 Å². The quantitative estimate of drug-likeness (QED) is 0.242. The van der Waals surface area contributed by atoms with Gasteiger partial charge in [0.25, 0.3) is 0 Å². The number of rotatable bonds is 8. The molecule has 0 radical (unpaired) electrons. The number of nitrogens with zero attached hydrogens (tertiary/aromatic N) is 3. The summed E-state index contributed by atoms with van der Waals surface area (Å²) < 4.78 is 7.69. The minimum Gasteiger partial charge on any atom is -0.399 e. The zero-order valence-electron chi connectivity index (χ0n) is 16.6. The van der Waals surface area contributed by atoms with Gasteiger partial charge in [0.05, 0.1) is 5.52 Å². The number of anilines is 1. The lowest BCUT2D eigenvalue weighted by Crippen LogP contribution is -2.22. The van der Waals surface area contributed by atoms with Gasteiger partial charge >= 0.3 is 0 Å². The number of aromatic nitrogens is 2. The van der Waals surface area contributed by atoms with Gasteiger partial charge in [-0.3, -0.25) is 4.57 Å². The van der Waals surface area contributed by atoms with Crippen LogP contribution in [0, 0.1) is 11.3 Å². The van der Waals surface area contributed by atoms with Crippen molar-refractivity contribution in [2.75, 3.05) is 12.3 Å². The van der Waals surface area contributed by atoms with Gasteiger partial charge in [0.2, 0.25) is 5.82 Å². The second kappa shape index (κ2) is 8.82. The van der Waals surface area contributed by atoms with E-state index in [-0.39, 0.29) is 0 Å². The fourth-order valence-electron chi connectivity index (χ4n) is 2.81. The predicted octanol–water partition coefficient (Wildman–Crippen LogP) is 5.09. The Labute approximate surface area is 171 Å². The number of hydrogen-bond acceptors (Lipinski definition) is 5. The highest BCUT2D eigenvalue weighted by Crippen LogP contribution is 2.33. The molecule has 0 unspecified atom stereocenters. The van der Waals surface area contributed by atoms with Crippen molar-refractivity contribution < 1.29 is 4.74 Å². The van der Waals surface area contributed by atoms with Crippen molar-refractivity contribution in [2.24, 2.45) is 0 Å². The molecule has 7 heteroatoms. The lowest BCUT2D eigenvalue weighted by atomic mass is 10.2. The second-order valence-corrected chi connectivity index (χ2v) is 14.6. The van der Waals surface area contributed by atoms with Crippen molar-refractivity contribution in [2.45, 2.75) is 43.1 Å². The molecular formula is C21H26N4OSSi. The van der Waals surface area contributed by atoms with Crippen molar-refractivity contribution in [3.63, 3.8) is 0 Å². The normalized spacial score (nSPS) is 11.6. The summed E-state index contributed by atoms with van der Waals surface area (Å²) in [5, 5.41) is 9.55. The first-order valence-electron chi connectivity index (χ1n) is 9.32. The van der Waals surface area contributed by atoms with Gasteiger partial charge in [0.15, 0.2) is 0 Å². The second-order valence-electron chi connectivity index (χ2n) is 7.98. The van der Waals surface area contributed by atoms with E-state index in [0.29, 0.717) is 24.8 Å². The number of nitrogens with two attached hydrogens (primary N) is 1. The summed E-state index contributed by atoms with van der Waals surface area (Å²) >= 11 is 1.68. The monoisotopic (exact) mass is 410 g/mol. The number of benzene rings is 2. The zero-order chi connectivity index (χ0) is 20.1. The smallest absolute Gasteiger partial charge is 0.215 e. The molecule has 146 valence electrons. The lowest BCUT2D eigenvalue weighted by Gasteiger charge is -2.16. The minimum atomic E-state index is -1.15. The first-order chi connectivity index (χ1) is 13.4. The van der Waals surface area contributed by atoms with Crippen molar-refractivity contribution >= 4 is 36.6 Å². The van der Waals surface area contributed by atoms with E-state index >= 15 is 0 Å². The Morgan fingerprint density at radius 3 is 2.64 bits per heavy atom. The average molecular weight is 411 g/mol. The summed E-state index contributed by atoms with van der Waals surface area (Å²) in [7, 11) is -1.15. The van der Waals surface area contributed by atoms with Crippen LogP contribution in [0.15, 0.2) is 47.4 Å². The van der Waals surface area contributed by atoms with E-state index in [1.54, 1.807) is 11.8 Å². The summed E-state index contributed by atoms with van der Waals surface area (Å²) in [6.07, 6.45) is 0. The average Bonchev–Trinajstić information content (AvgIpc) is 3.01. The fraction of sp³-hybridized carbons (Fsp3) is 0.333. The maximum atomic E-state index is 9.55. The van der Waals surface area contributed by atoms with Crippen molar-refractivity contribution in [1.29, 1.82) is 5.26 Å². The molecule has 0 aliphatic carbocycles. The van der Waals surface area contributed by atoms with Crippen LogP contribution >= 0.6 is 11.8 Å². The number of nitriles is 1. The molecule has 0 spiro atoms. The van der Waals surface area contributed by atoms with Crippen molar-refractivity contribution in [1.82, 2.24) is 9.55 Å². The molecule has 0 fully saturated rings. The van der Waals surface area contributed by atoms with Gasteiger partial charge in [-0.15, -0.1) is 11.8 Å². The number of nitrogen functional groups attached to an aromatic ring is 1. The van der Waals surface area contributed by atoms with E-state index in [2.05, 4.69) is 42.8 Å². The van der Waals surface area contributed by atoms with E-state index in [1.807, 2.05) is 34.9 Å². The molecule has 3 aromatic rings. The van der Waals surface area contributed by atoms with Crippen LogP contribution in [0.4, 0.5) is 5.69 Å². The largest absolute Gasteiger partial charge is 0.399 e. The van der Waals surface area contributed by atoms with E-state index in [9.17, 15) is 5.26 Å². The number of hydrogen-bond donors (Lipinski definition) is 1. The predicted molar refractivity (Wildman–Crippen MR) is 119 cm³/mol. The van der Waals surface area contributed by atoms with E-state index < -0.39 is 8.07 Å². The molecule has 2 aromatic carbocycles. The van der Waals surface area contributed by atoms with E-state index in [1.165, 1.54) is 5.56 Å². The fourth-order valence-corrected chi connectivity index (χ4v) is 4.59. The van der Waals surface area contributed by atoms with Crippen LogP contribution in [0.3, 0.4) is 0 Å². The number of ether oxygens (including phenoxy) is 1. The Morgan fingerprint density at radius 2 is 1.96 bits per heavy atom. The van der Waals surface area contributed by atoms with Crippen molar-refractivity contribution in [3.05, 3.63) is 53.9 Å². The van der Waals surface area contributed by atoms with E-state index in [0.717, 1.165) is 27.7 Å². The van der Waals surface area contributed by atoms with Crippen LogP contribution in [0.5, 0.6) is 0 Å². The highest BCUT2D eigenvalue weighted by molar-refractivity contribution is 7.98. The number of imidazole rings is 1. The van der Waals surface area contributed by atoms with Crippen molar-refractivity contribution in [3.8, 4) is 6.07 Å². The molecular weight excluding hydrogens is 384 g/mol. The van der Waals surface area contributed by atoms with Crippen LogP contribution in [-0.4, -0.2) is 24.2 Å². The molecule has 0 saturated carbocycles. The van der Waals surface area contributed by atoms with Gasteiger partial charge in [-0.25, -0.2) is 4.98 Å². The molecule has 1 aromatic heterocycles. The van der Waals surface area contributed by atoms with Gasteiger partial charge in [-0.05, 0) is 23.7 Å². The Kier molecular flexibility index (Phi) is 6.45. The molecule has 0 saturated heterocycles. The van der Waals surface area contributed by atoms with Crippen LogP contribution < -0.4 is 5.73 Å². The van der Waals surface area contributed by atoms with Crippen LogP contribution in [0.1, 0.15) is 11.4 Å². The minimum absolute atomic E-state index is 0.316. The molecule has 2 N–H and O–H groups in total. The zero-order valence-corrected chi connectivity index (χ0v) is 18.4. The third kappa shape index (κ3) is 5.16.